The van der Waals surface area contributed by atoms with E-state index in [4.69, 9.17) is 9.47 Å². The number of carbonyl (C=O) groups is 2. The number of aryl methyl sites for hydroxylation is 1. The van der Waals surface area contributed by atoms with Crippen molar-refractivity contribution in [3.05, 3.63) is 83.7 Å². The zero-order valence-corrected chi connectivity index (χ0v) is 15.1. The van der Waals surface area contributed by atoms with E-state index in [9.17, 15) is 9.59 Å². The Hall–Kier alpha value is -3.54. The normalized spacial score (nSPS) is 10.3. The van der Waals surface area contributed by atoms with Gasteiger partial charge in [0.15, 0.2) is 0 Å². The van der Waals surface area contributed by atoms with Crippen molar-refractivity contribution < 1.29 is 19.1 Å². The summed E-state index contributed by atoms with van der Waals surface area (Å²) in [6.07, 6.45) is 1.78. The highest BCUT2D eigenvalue weighted by atomic mass is 16.5. The van der Waals surface area contributed by atoms with Crippen molar-refractivity contribution in [3.8, 4) is 5.75 Å². The van der Waals surface area contributed by atoms with Gasteiger partial charge in [0.2, 0.25) is 0 Å². The van der Waals surface area contributed by atoms with Crippen molar-refractivity contribution in [2.24, 2.45) is 7.05 Å². The lowest BCUT2D eigenvalue weighted by atomic mass is 10.1. The van der Waals surface area contributed by atoms with Gasteiger partial charge in [-0.3, -0.25) is 4.79 Å². The third kappa shape index (κ3) is 4.55. The van der Waals surface area contributed by atoms with Crippen LogP contribution in [0.2, 0.25) is 0 Å². The lowest BCUT2D eigenvalue weighted by Gasteiger charge is -2.08. The first-order chi connectivity index (χ1) is 13.1. The molecule has 0 radical (unpaired) electrons. The van der Waals surface area contributed by atoms with Crippen LogP contribution in [0.4, 0.5) is 5.69 Å². The zero-order chi connectivity index (χ0) is 19.2. The Labute approximate surface area is 157 Å². The van der Waals surface area contributed by atoms with Gasteiger partial charge in [-0.2, -0.15) is 0 Å². The fourth-order valence-corrected chi connectivity index (χ4v) is 2.53. The second kappa shape index (κ2) is 8.23. The summed E-state index contributed by atoms with van der Waals surface area (Å²) in [6.45, 7) is 0.143. The largest absolute Gasteiger partial charge is 0.497 e. The molecule has 0 fully saturated rings. The van der Waals surface area contributed by atoms with Crippen LogP contribution in [0.3, 0.4) is 0 Å². The number of esters is 1. The quantitative estimate of drug-likeness (QED) is 0.678. The number of nitrogens with one attached hydrogen (secondary N) is 1. The number of aromatic nitrogens is 1. The average Bonchev–Trinajstić information content (AvgIpc) is 3.13. The van der Waals surface area contributed by atoms with Gasteiger partial charge in [-0.1, -0.05) is 12.1 Å². The van der Waals surface area contributed by atoms with Crippen LogP contribution < -0.4 is 10.1 Å². The van der Waals surface area contributed by atoms with Gasteiger partial charge in [-0.25, -0.2) is 4.79 Å². The van der Waals surface area contributed by atoms with E-state index < -0.39 is 0 Å². The first kappa shape index (κ1) is 18.3. The van der Waals surface area contributed by atoms with Crippen molar-refractivity contribution in [2.45, 2.75) is 6.61 Å². The van der Waals surface area contributed by atoms with E-state index >= 15 is 0 Å². The highest BCUT2D eigenvalue weighted by Gasteiger charge is 2.11. The molecule has 6 nitrogen and oxygen atoms in total. The standard InChI is InChI=1S/C21H20N2O4/c1-23-13-3-4-19(23)21(25)27-14-15-5-7-16(8-6-15)20(24)22-17-9-11-18(26-2)12-10-17/h3-13H,14H2,1-2H3,(H,22,24). The van der Waals surface area contributed by atoms with Crippen molar-refractivity contribution in [3.63, 3.8) is 0 Å². The number of ether oxygens (including phenoxy) is 2. The van der Waals surface area contributed by atoms with Gasteiger partial charge in [0.05, 0.1) is 7.11 Å². The fraction of sp³-hybridized carbons (Fsp3) is 0.143. The van der Waals surface area contributed by atoms with Crippen LogP contribution in [-0.2, 0) is 18.4 Å². The van der Waals surface area contributed by atoms with Gasteiger partial charge >= 0.3 is 5.97 Å². The van der Waals surface area contributed by atoms with Crippen LogP contribution in [0.15, 0.2) is 66.9 Å². The van der Waals surface area contributed by atoms with Gasteiger partial charge in [-0.05, 0) is 54.1 Å². The number of anilines is 1. The minimum Gasteiger partial charge on any atom is -0.497 e. The number of methoxy groups -OCH3 is 1. The molecule has 1 aromatic heterocycles. The molecule has 0 aliphatic carbocycles. The lowest BCUT2D eigenvalue weighted by Crippen LogP contribution is -2.12. The summed E-state index contributed by atoms with van der Waals surface area (Å²) < 4.78 is 12.1. The van der Waals surface area contributed by atoms with E-state index in [2.05, 4.69) is 5.32 Å². The van der Waals surface area contributed by atoms with Crippen molar-refractivity contribution >= 4 is 17.6 Å². The Balaban J connectivity index is 1.56. The third-order valence-corrected chi connectivity index (χ3v) is 4.09. The second-order valence-corrected chi connectivity index (χ2v) is 5.96. The molecule has 0 saturated carbocycles. The Morgan fingerprint density at radius 1 is 1.00 bits per heavy atom. The molecule has 0 aliphatic heterocycles. The predicted molar refractivity (Wildman–Crippen MR) is 102 cm³/mol. The maximum absolute atomic E-state index is 12.3. The molecule has 2 aromatic carbocycles. The van der Waals surface area contributed by atoms with Crippen LogP contribution in [0.5, 0.6) is 5.75 Å². The number of carbonyl (C=O) groups excluding carboxylic acids is 2. The van der Waals surface area contributed by atoms with E-state index in [-0.39, 0.29) is 18.5 Å². The zero-order valence-electron chi connectivity index (χ0n) is 15.1. The maximum atomic E-state index is 12.3. The Morgan fingerprint density at radius 2 is 1.70 bits per heavy atom. The molecule has 0 bridgehead atoms. The van der Waals surface area contributed by atoms with Crippen LogP contribution in [0.1, 0.15) is 26.4 Å². The van der Waals surface area contributed by atoms with Gasteiger partial charge in [0.1, 0.15) is 18.1 Å². The summed E-state index contributed by atoms with van der Waals surface area (Å²) in [5.41, 5.74) is 2.49. The Bertz CT molecular complexity index is 928. The Morgan fingerprint density at radius 3 is 2.30 bits per heavy atom. The molecular formula is C21H20N2O4. The summed E-state index contributed by atoms with van der Waals surface area (Å²) in [5, 5.41) is 2.82. The summed E-state index contributed by atoms with van der Waals surface area (Å²) in [5.74, 6) is 0.124. The number of rotatable bonds is 6. The van der Waals surface area contributed by atoms with Gasteiger partial charge in [0, 0.05) is 24.5 Å². The molecule has 1 N–H and O–H groups in total. The first-order valence-corrected chi connectivity index (χ1v) is 8.39. The molecule has 1 amide bonds. The molecule has 0 aliphatic rings. The average molecular weight is 364 g/mol. The predicted octanol–water partition coefficient (Wildman–Crippen LogP) is 3.64. The maximum Gasteiger partial charge on any atom is 0.355 e. The fourth-order valence-electron chi connectivity index (χ4n) is 2.53. The third-order valence-electron chi connectivity index (χ3n) is 4.09. The summed E-state index contributed by atoms with van der Waals surface area (Å²) in [6, 6.07) is 17.5. The monoisotopic (exact) mass is 364 g/mol. The van der Waals surface area contributed by atoms with Gasteiger partial charge < -0.3 is 19.4 Å². The summed E-state index contributed by atoms with van der Waals surface area (Å²) >= 11 is 0. The molecule has 0 saturated heterocycles. The molecule has 0 atom stereocenters. The number of nitrogens with zero attached hydrogens (tertiary/aromatic N) is 1. The molecule has 27 heavy (non-hydrogen) atoms. The highest BCUT2D eigenvalue weighted by Crippen LogP contribution is 2.16. The first-order valence-electron chi connectivity index (χ1n) is 8.39. The molecule has 3 aromatic rings. The van der Waals surface area contributed by atoms with Crippen LogP contribution in [0, 0.1) is 0 Å². The molecule has 6 heteroatoms. The van der Waals surface area contributed by atoms with Crippen LogP contribution in [-0.4, -0.2) is 23.6 Å². The Kier molecular flexibility index (Phi) is 5.56. The minimum absolute atomic E-state index is 0.143. The van der Waals surface area contributed by atoms with Crippen molar-refractivity contribution in [1.29, 1.82) is 0 Å². The van der Waals surface area contributed by atoms with Gasteiger partial charge in [0.25, 0.3) is 5.91 Å². The van der Waals surface area contributed by atoms with E-state index in [1.807, 2.05) is 0 Å². The topological polar surface area (TPSA) is 69.6 Å². The van der Waals surface area contributed by atoms with Crippen molar-refractivity contribution in [1.82, 2.24) is 4.57 Å². The van der Waals surface area contributed by atoms with E-state index in [1.165, 1.54) is 0 Å². The van der Waals surface area contributed by atoms with Crippen LogP contribution in [0.25, 0.3) is 0 Å². The van der Waals surface area contributed by atoms with E-state index in [1.54, 1.807) is 85.6 Å². The second-order valence-electron chi connectivity index (χ2n) is 5.96. The summed E-state index contributed by atoms with van der Waals surface area (Å²) in [4.78, 5) is 24.3. The number of benzene rings is 2. The van der Waals surface area contributed by atoms with E-state index in [0.717, 1.165) is 11.3 Å². The highest BCUT2D eigenvalue weighted by molar-refractivity contribution is 6.04. The molecule has 138 valence electrons. The molecular weight excluding hydrogens is 344 g/mol. The summed E-state index contributed by atoms with van der Waals surface area (Å²) in [7, 11) is 3.37. The lowest BCUT2D eigenvalue weighted by molar-refractivity contribution is 0.0461. The number of hydrogen-bond donors (Lipinski definition) is 1. The SMILES string of the molecule is COc1ccc(NC(=O)c2ccc(COC(=O)c3cccn3C)cc2)cc1. The smallest absolute Gasteiger partial charge is 0.355 e. The molecule has 1 heterocycles. The molecule has 3 rings (SSSR count). The number of hydrogen-bond acceptors (Lipinski definition) is 4. The molecule has 0 spiro atoms. The van der Waals surface area contributed by atoms with Crippen LogP contribution >= 0.6 is 0 Å². The molecule has 0 unspecified atom stereocenters. The van der Waals surface area contributed by atoms with Gasteiger partial charge in [-0.15, -0.1) is 0 Å². The van der Waals surface area contributed by atoms with E-state index in [0.29, 0.717) is 16.9 Å². The minimum atomic E-state index is -0.385. The van der Waals surface area contributed by atoms with Crippen molar-refractivity contribution in [2.75, 3.05) is 12.4 Å². The number of amides is 1.